The molecule has 1 aliphatic carbocycles. The minimum absolute atomic E-state index is 0.0846. The molecule has 5 nitrogen and oxygen atoms in total. The summed E-state index contributed by atoms with van der Waals surface area (Å²) in [5, 5.41) is -0.0846. The topological polar surface area (TPSA) is 49.9 Å². The summed E-state index contributed by atoms with van der Waals surface area (Å²) in [4.78, 5) is 2.13. The first-order valence-corrected chi connectivity index (χ1v) is 8.74. The second kappa shape index (κ2) is 4.98. The van der Waals surface area contributed by atoms with Gasteiger partial charge in [0.15, 0.2) is 0 Å². The Morgan fingerprint density at radius 3 is 2.63 bits per heavy atom. The van der Waals surface area contributed by atoms with Gasteiger partial charge in [-0.25, -0.2) is 12.7 Å². The molecule has 6 heteroatoms. The van der Waals surface area contributed by atoms with Crippen molar-refractivity contribution in [3.8, 4) is 0 Å². The Bertz CT molecular complexity index is 433. The molecule has 110 valence electrons. The molecule has 2 heterocycles. The molecule has 0 N–H and O–H groups in total. The van der Waals surface area contributed by atoms with Crippen LogP contribution in [0.15, 0.2) is 0 Å². The number of fused-ring (bicyclic) bond motifs is 1. The van der Waals surface area contributed by atoms with Gasteiger partial charge >= 0.3 is 0 Å². The third-order valence-corrected chi connectivity index (χ3v) is 6.99. The monoisotopic (exact) mass is 288 g/mol. The van der Waals surface area contributed by atoms with E-state index in [0.29, 0.717) is 24.9 Å². The minimum atomic E-state index is -3.02. The summed E-state index contributed by atoms with van der Waals surface area (Å²) < 4.78 is 32.3. The fourth-order valence-corrected chi connectivity index (χ4v) is 5.25. The Kier molecular flexibility index (Phi) is 3.62. The van der Waals surface area contributed by atoms with Crippen LogP contribution in [0.5, 0.6) is 0 Å². The van der Waals surface area contributed by atoms with Crippen LogP contribution in [0, 0.1) is 11.8 Å². The lowest BCUT2D eigenvalue weighted by molar-refractivity contribution is 0.0638. The second-order valence-electron chi connectivity index (χ2n) is 6.45. The van der Waals surface area contributed by atoms with Gasteiger partial charge in [-0.15, -0.1) is 0 Å². The van der Waals surface area contributed by atoms with Crippen molar-refractivity contribution in [3.05, 3.63) is 0 Å². The van der Waals surface area contributed by atoms with Gasteiger partial charge < -0.3 is 9.64 Å². The van der Waals surface area contributed by atoms with Crippen molar-refractivity contribution in [1.82, 2.24) is 9.21 Å². The molecule has 0 radical (unpaired) electrons. The molecule has 0 aromatic rings. The van der Waals surface area contributed by atoms with Crippen molar-refractivity contribution in [1.29, 1.82) is 0 Å². The van der Waals surface area contributed by atoms with Crippen LogP contribution in [-0.4, -0.2) is 69.3 Å². The van der Waals surface area contributed by atoms with Crippen LogP contribution >= 0.6 is 0 Å². The molecule has 1 saturated carbocycles. The van der Waals surface area contributed by atoms with E-state index in [4.69, 9.17) is 4.74 Å². The standard InChI is InChI=1S/C13H24N2O3S/c1-14(2)8-13-12-7-15(6-5-10(12)9-18-13)19(16,17)11-3-4-11/h10-13H,3-9H2,1-2H3/t10-,12-,13+/m1/s1. The van der Waals surface area contributed by atoms with Crippen LogP contribution in [0.2, 0.25) is 0 Å². The number of sulfonamides is 1. The predicted molar refractivity (Wildman–Crippen MR) is 73.4 cm³/mol. The highest BCUT2D eigenvalue weighted by atomic mass is 32.2. The molecule has 0 aromatic carbocycles. The van der Waals surface area contributed by atoms with Gasteiger partial charge in [-0.05, 0) is 39.3 Å². The zero-order valence-corrected chi connectivity index (χ0v) is 12.6. The first kappa shape index (κ1) is 13.8. The lowest BCUT2D eigenvalue weighted by atomic mass is 9.85. The summed E-state index contributed by atoms with van der Waals surface area (Å²) in [6.45, 7) is 3.05. The van der Waals surface area contributed by atoms with Crippen molar-refractivity contribution in [2.24, 2.45) is 11.8 Å². The summed E-state index contributed by atoms with van der Waals surface area (Å²) >= 11 is 0. The van der Waals surface area contributed by atoms with E-state index in [9.17, 15) is 8.42 Å². The molecule has 3 rings (SSSR count). The summed E-state index contributed by atoms with van der Waals surface area (Å²) in [5.74, 6) is 0.931. The van der Waals surface area contributed by atoms with Gasteiger partial charge in [0.2, 0.25) is 10.0 Å². The summed E-state index contributed by atoms with van der Waals surface area (Å²) in [6.07, 6.45) is 2.85. The predicted octanol–water partition coefficient (Wildman–Crippen LogP) is 0.377. The highest BCUT2D eigenvalue weighted by molar-refractivity contribution is 7.90. The zero-order valence-electron chi connectivity index (χ0n) is 11.8. The van der Waals surface area contributed by atoms with Gasteiger partial charge in [0.05, 0.1) is 18.0 Å². The second-order valence-corrected chi connectivity index (χ2v) is 8.66. The van der Waals surface area contributed by atoms with Gasteiger partial charge in [-0.3, -0.25) is 0 Å². The number of rotatable bonds is 4. The molecule has 0 spiro atoms. The van der Waals surface area contributed by atoms with Gasteiger partial charge in [0, 0.05) is 25.6 Å². The lowest BCUT2D eigenvalue weighted by Gasteiger charge is -2.35. The van der Waals surface area contributed by atoms with Crippen LogP contribution in [0.1, 0.15) is 19.3 Å². The summed E-state index contributed by atoms with van der Waals surface area (Å²) in [7, 11) is 1.06. The Hall–Kier alpha value is -0.170. The highest BCUT2D eigenvalue weighted by Gasteiger charge is 2.47. The first-order chi connectivity index (χ1) is 8.98. The summed E-state index contributed by atoms with van der Waals surface area (Å²) in [6, 6.07) is 0. The smallest absolute Gasteiger partial charge is 0.216 e. The fourth-order valence-electron chi connectivity index (χ4n) is 3.35. The third kappa shape index (κ3) is 2.68. The first-order valence-electron chi connectivity index (χ1n) is 7.24. The van der Waals surface area contributed by atoms with Crippen LogP contribution in [-0.2, 0) is 14.8 Å². The van der Waals surface area contributed by atoms with E-state index in [1.807, 2.05) is 14.1 Å². The molecular weight excluding hydrogens is 264 g/mol. The SMILES string of the molecule is CN(C)C[C@@H]1OC[C@H]2CCN(S(=O)(=O)C3CC3)C[C@H]21. The van der Waals surface area contributed by atoms with Gasteiger partial charge in [-0.2, -0.15) is 0 Å². The third-order valence-electron chi connectivity index (χ3n) is 4.62. The molecule has 0 unspecified atom stereocenters. The molecule has 2 aliphatic heterocycles. The fraction of sp³-hybridized carbons (Fsp3) is 1.00. The van der Waals surface area contributed by atoms with Crippen LogP contribution in [0.4, 0.5) is 0 Å². The largest absolute Gasteiger partial charge is 0.376 e. The van der Waals surface area contributed by atoms with Gasteiger partial charge in [-0.1, -0.05) is 0 Å². The maximum absolute atomic E-state index is 12.3. The number of likely N-dealkylation sites (N-methyl/N-ethyl adjacent to an activating group) is 1. The zero-order chi connectivity index (χ0) is 13.6. The van der Waals surface area contributed by atoms with Crippen molar-refractivity contribution in [2.75, 3.05) is 40.3 Å². The van der Waals surface area contributed by atoms with Gasteiger partial charge in [0.25, 0.3) is 0 Å². The minimum Gasteiger partial charge on any atom is -0.376 e. The molecular formula is C13H24N2O3S. The number of ether oxygens (including phenoxy) is 1. The normalized spacial score (nSPS) is 36.7. The van der Waals surface area contributed by atoms with E-state index in [2.05, 4.69) is 4.90 Å². The number of hydrogen-bond donors (Lipinski definition) is 0. The van der Waals surface area contributed by atoms with Gasteiger partial charge in [0.1, 0.15) is 0 Å². The highest BCUT2D eigenvalue weighted by Crippen LogP contribution is 2.38. The van der Waals surface area contributed by atoms with E-state index in [-0.39, 0.29) is 11.4 Å². The quantitative estimate of drug-likeness (QED) is 0.750. The van der Waals surface area contributed by atoms with E-state index in [1.54, 1.807) is 4.31 Å². The van der Waals surface area contributed by atoms with Crippen molar-refractivity contribution in [3.63, 3.8) is 0 Å². The average Bonchev–Trinajstić information content (AvgIpc) is 3.13. The molecule has 0 bridgehead atoms. The van der Waals surface area contributed by atoms with E-state index in [0.717, 1.165) is 32.4 Å². The number of nitrogens with zero attached hydrogens (tertiary/aromatic N) is 2. The van der Waals surface area contributed by atoms with E-state index >= 15 is 0 Å². The molecule has 3 atom stereocenters. The van der Waals surface area contributed by atoms with Crippen LogP contribution < -0.4 is 0 Å². The number of hydrogen-bond acceptors (Lipinski definition) is 4. The van der Waals surface area contributed by atoms with Crippen LogP contribution in [0.25, 0.3) is 0 Å². The number of piperidine rings is 1. The molecule has 19 heavy (non-hydrogen) atoms. The Balaban J connectivity index is 1.69. The lowest BCUT2D eigenvalue weighted by Crippen LogP contribution is -2.47. The van der Waals surface area contributed by atoms with E-state index < -0.39 is 10.0 Å². The molecule has 2 saturated heterocycles. The molecule has 3 aliphatic rings. The van der Waals surface area contributed by atoms with Crippen molar-refractivity contribution >= 4 is 10.0 Å². The molecule has 0 amide bonds. The average molecular weight is 288 g/mol. The Morgan fingerprint density at radius 2 is 2.00 bits per heavy atom. The maximum atomic E-state index is 12.3. The molecule has 3 fully saturated rings. The van der Waals surface area contributed by atoms with E-state index in [1.165, 1.54) is 0 Å². The Morgan fingerprint density at radius 1 is 1.26 bits per heavy atom. The molecule has 0 aromatic heterocycles. The van der Waals surface area contributed by atoms with Crippen molar-refractivity contribution in [2.45, 2.75) is 30.6 Å². The van der Waals surface area contributed by atoms with Crippen molar-refractivity contribution < 1.29 is 13.2 Å². The summed E-state index contributed by atoms with van der Waals surface area (Å²) in [5.41, 5.74) is 0. The van der Waals surface area contributed by atoms with Crippen LogP contribution in [0.3, 0.4) is 0 Å². The maximum Gasteiger partial charge on any atom is 0.216 e. The Labute approximate surface area is 115 Å².